The van der Waals surface area contributed by atoms with Crippen molar-refractivity contribution >= 4 is 28.7 Å². The Hall–Kier alpha value is -2.37. The van der Waals surface area contributed by atoms with Crippen LogP contribution in [0, 0.1) is 5.92 Å². The molecule has 2 heterocycles. The van der Waals surface area contributed by atoms with Gasteiger partial charge in [0.1, 0.15) is 0 Å². The van der Waals surface area contributed by atoms with Crippen molar-refractivity contribution in [1.29, 1.82) is 0 Å². The average molecular weight is 326 g/mol. The molecule has 4 rings (SSSR count). The minimum atomic E-state index is -0.389. The Morgan fingerprint density at radius 1 is 1.29 bits per heavy atom. The fourth-order valence-corrected chi connectivity index (χ4v) is 3.82. The molecule has 24 heavy (non-hydrogen) atoms. The number of nitrogens with zero attached hydrogens (tertiary/aromatic N) is 3. The second-order valence-electron chi connectivity index (χ2n) is 6.92. The van der Waals surface area contributed by atoms with Gasteiger partial charge in [-0.2, -0.15) is 5.10 Å². The molecule has 6 nitrogen and oxygen atoms in total. The fourth-order valence-electron chi connectivity index (χ4n) is 3.82. The largest absolute Gasteiger partial charge is 0.329 e. The number of fused-ring (bicyclic) bond motifs is 1. The first-order chi connectivity index (χ1) is 11.6. The molecule has 0 bridgehead atoms. The van der Waals surface area contributed by atoms with Crippen molar-refractivity contribution in [3.8, 4) is 0 Å². The van der Waals surface area contributed by atoms with E-state index in [1.165, 1.54) is 24.8 Å². The summed E-state index contributed by atoms with van der Waals surface area (Å²) in [5.41, 5.74) is 2.40. The van der Waals surface area contributed by atoms with Gasteiger partial charge in [0.25, 0.3) is 0 Å². The van der Waals surface area contributed by atoms with Gasteiger partial charge in [0.15, 0.2) is 5.82 Å². The number of imide groups is 1. The lowest BCUT2D eigenvalue weighted by Crippen LogP contribution is -2.49. The molecule has 0 radical (unpaired) electrons. The number of amides is 3. The van der Waals surface area contributed by atoms with Crippen molar-refractivity contribution < 1.29 is 9.59 Å². The molecule has 1 saturated carbocycles. The summed E-state index contributed by atoms with van der Waals surface area (Å²) in [5.74, 6) is 1.91. The number of carbonyl (C=O) groups is 2. The zero-order valence-electron chi connectivity index (χ0n) is 14.1. The number of aromatic nitrogens is 2. The highest BCUT2D eigenvalue weighted by molar-refractivity contribution is 6.08. The maximum Gasteiger partial charge on any atom is 0.329 e. The number of urea groups is 1. The lowest BCUT2D eigenvalue weighted by atomic mass is 9.70. The van der Waals surface area contributed by atoms with E-state index < -0.39 is 0 Å². The fraction of sp³-hybridized carbons (Fsp3) is 0.500. The molecule has 0 unspecified atom stereocenters. The number of anilines is 1. The molecule has 6 heteroatoms. The summed E-state index contributed by atoms with van der Waals surface area (Å²) < 4.78 is 1.83. The molecule has 126 valence electrons. The number of hydrogen-bond donors (Lipinski definition) is 1. The van der Waals surface area contributed by atoms with Crippen LogP contribution in [0.25, 0.3) is 10.9 Å². The first-order valence-electron chi connectivity index (χ1n) is 8.64. The molecule has 1 aliphatic heterocycles. The van der Waals surface area contributed by atoms with Gasteiger partial charge < -0.3 is 0 Å². The summed E-state index contributed by atoms with van der Waals surface area (Å²) in [6.45, 7) is 2.63. The Labute approximate surface area is 140 Å². The summed E-state index contributed by atoms with van der Waals surface area (Å²) in [5, 5.41) is 7.85. The summed E-state index contributed by atoms with van der Waals surface area (Å²) in [6.07, 6.45) is 4.10. The molecule has 0 atom stereocenters. The van der Waals surface area contributed by atoms with Crippen molar-refractivity contribution in [2.45, 2.75) is 38.5 Å². The zero-order valence-corrected chi connectivity index (χ0v) is 14.1. The summed E-state index contributed by atoms with van der Waals surface area (Å²) in [4.78, 5) is 25.0. The van der Waals surface area contributed by atoms with E-state index in [9.17, 15) is 9.59 Å². The molecule has 1 N–H and O–H groups in total. The van der Waals surface area contributed by atoms with Crippen molar-refractivity contribution in [3.05, 3.63) is 23.8 Å². The van der Waals surface area contributed by atoms with Crippen molar-refractivity contribution in [3.63, 3.8) is 0 Å². The van der Waals surface area contributed by atoms with Gasteiger partial charge in [0.05, 0.1) is 5.52 Å². The summed E-state index contributed by atoms with van der Waals surface area (Å²) in [7, 11) is 1.90. The molecular formula is C18H22N4O2. The van der Waals surface area contributed by atoms with Crippen LogP contribution in [0.1, 0.15) is 44.1 Å². The minimum absolute atomic E-state index is 0.228. The highest BCUT2D eigenvalue weighted by Crippen LogP contribution is 2.44. The SMILES string of the molecule is CCC1CC(c2ccc3c(N4CCC(=O)NC4=O)nn(C)c3c2)C1. The lowest BCUT2D eigenvalue weighted by Gasteiger charge is -2.35. The van der Waals surface area contributed by atoms with Gasteiger partial charge in [-0.3, -0.25) is 19.7 Å². The number of benzene rings is 1. The van der Waals surface area contributed by atoms with E-state index in [1.54, 1.807) is 4.90 Å². The van der Waals surface area contributed by atoms with Crippen molar-refractivity contribution in [2.75, 3.05) is 11.4 Å². The molecule has 3 amide bonds. The first-order valence-corrected chi connectivity index (χ1v) is 8.64. The predicted octanol–water partition coefficient (Wildman–Crippen LogP) is 2.92. The van der Waals surface area contributed by atoms with E-state index in [2.05, 4.69) is 35.5 Å². The third-order valence-corrected chi connectivity index (χ3v) is 5.45. The molecule has 1 aliphatic carbocycles. The number of rotatable bonds is 3. The van der Waals surface area contributed by atoms with Gasteiger partial charge in [0, 0.05) is 25.4 Å². The smallest absolute Gasteiger partial charge is 0.278 e. The van der Waals surface area contributed by atoms with Crippen LogP contribution in [0.5, 0.6) is 0 Å². The first kappa shape index (κ1) is 15.2. The maximum atomic E-state index is 12.1. The van der Waals surface area contributed by atoms with Crippen LogP contribution in [0.4, 0.5) is 10.6 Å². The lowest BCUT2D eigenvalue weighted by molar-refractivity contribution is -0.120. The molecule has 1 aromatic carbocycles. The molecule has 1 saturated heterocycles. The van der Waals surface area contributed by atoms with E-state index >= 15 is 0 Å². The van der Waals surface area contributed by atoms with E-state index in [1.807, 2.05) is 11.7 Å². The molecule has 2 fully saturated rings. The Balaban J connectivity index is 1.66. The van der Waals surface area contributed by atoms with Gasteiger partial charge in [0.2, 0.25) is 5.91 Å². The van der Waals surface area contributed by atoms with Gasteiger partial charge in [-0.05, 0) is 42.4 Å². The van der Waals surface area contributed by atoms with Crippen LogP contribution < -0.4 is 10.2 Å². The third kappa shape index (κ3) is 2.37. The topological polar surface area (TPSA) is 67.2 Å². The van der Waals surface area contributed by atoms with Crippen molar-refractivity contribution in [2.24, 2.45) is 13.0 Å². The van der Waals surface area contributed by atoms with Crippen LogP contribution in [-0.2, 0) is 11.8 Å². The van der Waals surface area contributed by atoms with Crippen LogP contribution in [0.2, 0.25) is 0 Å². The van der Waals surface area contributed by atoms with Crippen LogP contribution in [0.3, 0.4) is 0 Å². The van der Waals surface area contributed by atoms with E-state index in [4.69, 9.17) is 0 Å². The van der Waals surface area contributed by atoms with Crippen molar-refractivity contribution in [1.82, 2.24) is 15.1 Å². The number of nitrogens with one attached hydrogen (secondary N) is 1. The highest BCUT2D eigenvalue weighted by Gasteiger charge is 2.31. The minimum Gasteiger partial charge on any atom is -0.278 e. The predicted molar refractivity (Wildman–Crippen MR) is 92.0 cm³/mol. The zero-order chi connectivity index (χ0) is 16.8. The molecule has 2 aromatic rings. The quantitative estimate of drug-likeness (QED) is 0.943. The Kier molecular flexibility index (Phi) is 3.55. The van der Waals surface area contributed by atoms with E-state index in [0.29, 0.717) is 24.7 Å². The van der Waals surface area contributed by atoms with Gasteiger partial charge in [-0.1, -0.05) is 19.4 Å². The monoisotopic (exact) mass is 326 g/mol. The van der Waals surface area contributed by atoms with Gasteiger partial charge in [-0.15, -0.1) is 0 Å². The standard InChI is InChI=1S/C18H22N4O2/c1-3-11-8-13(9-11)12-4-5-14-15(10-12)21(2)20-17(14)22-7-6-16(23)19-18(22)24/h4-5,10-11,13H,3,6-9H2,1-2H3,(H,19,23,24). The maximum absolute atomic E-state index is 12.1. The second kappa shape index (κ2) is 5.61. The number of hydrogen-bond acceptors (Lipinski definition) is 3. The summed E-state index contributed by atoms with van der Waals surface area (Å²) in [6, 6.07) is 6.04. The van der Waals surface area contributed by atoms with Crippen LogP contribution in [-0.4, -0.2) is 28.3 Å². The summed E-state index contributed by atoms with van der Waals surface area (Å²) >= 11 is 0. The molecule has 0 spiro atoms. The Morgan fingerprint density at radius 3 is 2.79 bits per heavy atom. The number of carbonyl (C=O) groups excluding carboxylic acids is 2. The van der Waals surface area contributed by atoms with Gasteiger partial charge >= 0.3 is 6.03 Å². The molecular weight excluding hydrogens is 304 g/mol. The molecule has 1 aromatic heterocycles. The Morgan fingerprint density at radius 2 is 2.08 bits per heavy atom. The van der Waals surface area contributed by atoms with E-state index in [0.717, 1.165) is 16.8 Å². The highest BCUT2D eigenvalue weighted by atomic mass is 16.2. The van der Waals surface area contributed by atoms with Crippen LogP contribution >= 0.6 is 0 Å². The average Bonchev–Trinajstić information content (AvgIpc) is 2.83. The second-order valence-corrected chi connectivity index (χ2v) is 6.92. The van der Waals surface area contributed by atoms with Crippen LogP contribution in [0.15, 0.2) is 18.2 Å². The van der Waals surface area contributed by atoms with E-state index in [-0.39, 0.29) is 11.9 Å². The Bertz CT molecular complexity index is 820. The molecule has 2 aliphatic rings. The third-order valence-electron chi connectivity index (χ3n) is 5.45. The van der Waals surface area contributed by atoms with Gasteiger partial charge in [-0.25, -0.2) is 4.79 Å². The number of aryl methyl sites for hydroxylation is 1. The normalized spacial score (nSPS) is 24.2.